The van der Waals surface area contributed by atoms with Crippen LogP contribution < -0.4 is 4.74 Å². The van der Waals surface area contributed by atoms with Crippen LogP contribution in [0.3, 0.4) is 0 Å². The Morgan fingerprint density at radius 2 is 1.96 bits per heavy atom. The number of benzene rings is 1. The fourth-order valence-electron chi connectivity index (χ4n) is 2.47. The van der Waals surface area contributed by atoms with E-state index in [9.17, 15) is 14.4 Å². The maximum Gasteiger partial charge on any atom is 0.326 e. The van der Waals surface area contributed by atoms with Crippen LogP contribution in [0.4, 0.5) is 0 Å². The van der Waals surface area contributed by atoms with E-state index in [2.05, 4.69) is 10.1 Å². The van der Waals surface area contributed by atoms with Crippen LogP contribution in [0.1, 0.15) is 25.7 Å². The van der Waals surface area contributed by atoms with Gasteiger partial charge in [-0.15, -0.1) is 0 Å². The van der Waals surface area contributed by atoms with Crippen molar-refractivity contribution in [3.63, 3.8) is 0 Å². The zero-order valence-electron chi connectivity index (χ0n) is 14.1. The minimum atomic E-state index is -0.719. The molecule has 0 aliphatic carbocycles. The summed E-state index contributed by atoms with van der Waals surface area (Å²) in [7, 11) is 0. The molecule has 9 heteroatoms. The van der Waals surface area contributed by atoms with Gasteiger partial charge >= 0.3 is 5.97 Å². The number of para-hydroxylation sites is 1. The lowest BCUT2D eigenvalue weighted by molar-refractivity contribution is -0.153. The Morgan fingerprint density at radius 3 is 2.69 bits per heavy atom. The zero-order valence-corrected chi connectivity index (χ0v) is 14.1. The quantitative estimate of drug-likeness (QED) is 0.537. The highest BCUT2D eigenvalue weighted by atomic mass is 16.6. The van der Waals surface area contributed by atoms with Gasteiger partial charge in [0.25, 0.3) is 5.89 Å². The summed E-state index contributed by atoms with van der Waals surface area (Å²) in [5, 5.41) is 3.86. The number of carbonyl (C=O) groups excluding carboxylic acids is 3. The van der Waals surface area contributed by atoms with Gasteiger partial charge in [0, 0.05) is 12.8 Å². The molecule has 1 saturated heterocycles. The Labute approximate surface area is 148 Å². The number of imide groups is 1. The van der Waals surface area contributed by atoms with Crippen molar-refractivity contribution in [2.75, 3.05) is 13.2 Å². The van der Waals surface area contributed by atoms with Gasteiger partial charge in [-0.2, -0.15) is 4.98 Å². The Morgan fingerprint density at radius 1 is 1.23 bits per heavy atom. The van der Waals surface area contributed by atoms with Gasteiger partial charge in [0.1, 0.15) is 12.3 Å². The number of hydrogen-bond donors (Lipinski definition) is 0. The van der Waals surface area contributed by atoms with Crippen molar-refractivity contribution in [3.05, 3.63) is 30.2 Å². The van der Waals surface area contributed by atoms with Crippen LogP contribution in [0.2, 0.25) is 0 Å². The normalized spacial score (nSPS) is 14.0. The summed E-state index contributed by atoms with van der Waals surface area (Å²) in [4.78, 5) is 39.8. The van der Waals surface area contributed by atoms with Crippen LogP contribution >= 0.6 is 0 Å². The highest BCUT2D eigenvalue weighted by Crippen LogP contribution is 2.27. The molecule has 0 N–H and O–H groups in total. The Hall–Kier alpha value is -3.23. The average molecular weight is 359 g/mol. The van der Waals surface area contributed by atoms with E-state index < -0.39 is 12.5 Å². The molecule has 136 valence electrons. The fourth-order valence-corrected chi connectivity index (χ4v) is 2.47. The van der Waals surface area contributed by atoms with Gasteiger partial charge in [-0.05, 0) is 19.1 Å². The zero-order chi connectivity index (χ0) is 18.5. The molecule has 0 bridgehead atoms. The summed E-state index contributed by atoms with van der Waals surface area (Å²) in [6, 6.07) is 7.23. The van der Waals surface area contributed by atoms with Gasteiger partial charge in [-0.1, -0.05) is 17.3 Å². The lowest BCUT2D eigenvalue weighted by atomic mass is 10.2. The van der Waals surface area contributed by atoms with E-state index in [0.29, 0.717) is 23.7 Å². The van der Waals surface area contributed by atoms with Crippen molar-refractivity contribution < 1.29 is 28.4 Å². The molecule has 0 saturated carbocycles. The number of amides is 2. The number of hydrogen-bond acceptors (Lipinski definition) is 8. The second-order valence-corrected chi connectivity index (χ2v) is 5.48. The first-order chi connectivity index (χ1) is 12.6. The first-order valence-electron chi connectivity index (χ1n) is 8.12. The van der Waals surface area contributed by atoms with E-state index in [-0.39, 0.29) is 37.2 Å². The predicted molar refractivity (Wildman–Crippen MR) is 86.7 cm³/mol. The molecular formula is C17H17N3O6. The summed E-state index contributed by atoms with van der Waals surface area (Å²) < 4.78 is 15.6. The van der Waals surface area contributed by atoms with Gasteiger partial charge in [0.2, 0.25) is 17.6 Å². The molecule has 0 spiro atoms. The van der Waals surface area contributed by atoms with Crippen molar-refractivity contribution in [2.45, 2.75) is 26.4 Å². The standard InChI is InChI=1S/C17H17N3O6/c1-2-24-12-6-4-3-5-11(12)17-18-13(26-19-17)10-25-16(23)9-20-14(21)7-8-15(20)22/h3-6H,2,7-10H2,1H3. The van der Waals surface area contributed by atoms with Crippen LogP contribution in [-0.2, 0) is 25.7 Å². The van der Waals surface area contributed by atoms with Crippen molar-refractivity contribution in [1.29, 1.82) is 0 Å². The smallest absolute Gasteiger partial charge is 0.326 e. The highest BCUT2D eigenvalue weighted by molar-refractivity contribution is 6.04. The number of ether oxygens (including phenoxy) is 2. The van der Waals surface area contributed by atoms with Crippen molar-refractivity contribution in [1.82, 2.24) is 15.0 Å². The first-order valence-corrected chi connectivity index (χ1v) is 8.12. The average Bonchev–Trinajstić information content (AvgIpc) is 3.23. The van der Waals surface area contributed by atoms with E-state index in [1.807, 2.05) is 19.1 Å². The Bertz CT molecular complexity index is 815. The molecule has 0 radical (unpaired) electrons. The Balaban J connectivity index is 1.60. The minimum Gasteiger partial charge on any atom is -0.493 e. The van der Waals surface area contributed by atoms with E-state index in [1.54, 1.807) is 12.1 Å². The lowest BCUT2D eigenvalue weighted by Crippen LogP contribution is -2.35. The van der Waals surface area contributed by atoms with Crippen LogP contribution in [-0.4, -0.2) is 46.0 Å². The molecule has 3 rings (SSSR count). The highest BCUT2D eigenvalue weighted by Gasteiger charge is 2.31. The van der Waals surface area contributed by atoms with Gasteiger partial charge in [0.05, 0.1) is 12.2 Å². The van der Waals surface area contributed by atoms with E-state index >= 15 is 0 Å². The maximum absolute atomic E-state index is 11.8. The third kappa shape index (κ3) is 3.88. The van der Waals surface area contributed by atoms with Crippen molar-refractivity contribution in [3.8, 4) is 17.1 Å². The molecular weight excluding hydrogens is 342 g/mol. The van der Waals surface area contributed by atoms with Gasteiger partial charge < -0.3 is 14.0 Å². The first kappa shape index (κ1) is 17.6. The molecule has 0 unspecified atom stereocenters. The van der Waals surface area contributed by atoms with Gasteiger partial charge in [-0.3, -0.25) is 19.3 Å². The fraction of sp³-hybridized carbons (Fsp3) is 0.353. The van der Waals surface area contributed by atoms with E-state index in [0.717, 1.165) is 4.90 Å². The molecule has 0 atom stereocenters. The van der Waals surface area contributed by atoms with Crippen LogP contribution in [0.25, 0.3) is 11.4 Å². The maximum atomic E-state index is 11.8. The molecule has 1 aliphatic heterocycles. The SMILES string of the molecule is CCOc1ccccc1-c1noc(COC(=O)CN2C(=O)CCC2=O)n1. The van der Waals surface area contributed by atoms with Crippen LogP contribution in [0.5, 0.6) is 5.75 Å². The molecule has 1 aromatic heterocycles. The molecule has 1 aliphatic rings. The van der Waals surface area contributed by atoms with Gasteiger partial charge in [0.15, 0.2) is 6.61 Å². The summed E-state index contributed by atoms with van der Waals surface area (Å²) >= 11 is 0. The number of rotatable bonds is 7. The van der Waals surface area contributed by atoms with Crippen LogP contribution in [0, 0.1) is 0 Å². The minimum absolute atomic E-state index is 0.0960. The second kappa shape index (κ2) is 7.77. The molecule has 2 aromatic rings. The second-order valence-electron chi connectivity index (χ2n) is 5.48. The molecule has 1 aromatic carbocycles. The largest absolute Gasteiger partial charge is 0.493 e. The number of likely N-dealkylation sites (tertiary alicyclic amines) is 1. The monoisotopic (exact) mass is 359 g/mol. The molecule has 26 heavy (non-hydrogen) atoms. The van der Waals surface area contributed by atoms with Crippen molar-refractivity contribution >= 4 is 17.8 Å². The molecule has 1 fully saturated rings. The topological polar surface area (TPSA) is 112 Å². The predicted octanol–water partition coefficient (Wildman–Crippen LogP) is 1.33. The molecule has 2 amide bonds. The summed E-state index contributed by atoms with van der Waals surface area (Å²) in [6.07, 6.45) is 0.247. The number of carbonyl (C=O) groups is 3. The third-order valence-corrected chi connectivity index (χ3v) is 3.69. The number of esters is 1. The number of aromatic nitrogens is 2. The summed E-state index contributed by atoms with van der Waals surface area (Å²) in [6.45, 7) is 1.70. The van der Waals surface area contributed by atoms with E-state index in [1.165, 1.54) is 0 Å². The lowest BCUT2D eigenvalue weighted by Gasteiger charge is -2.11. The van der Waals surface area contributed by atoms with Crippen LogP contribution in [0.15, 0.2) is 28.8 Å². The number of nitrogens with zero attached hydrogens (tertiary/aromatic N) is 3. The third-order valence-electron chi connectivity index (χ3n) is 3.69. The molecule has 9 nitrogen and oxygen atoms in total. The van der Waals surface area contributed by atoms with Gasteiger partial charge in [-0.25, -0.2) is 0 Å². The van der Waals surface area contributed by atoms with E-state index in [4.69, 9.17) is 14.0 Å². The Kier molecular flexibility index (Phi) is 5.26. The van der Waals surface area contributed by atoms with Crippen molar-refractivity contribution in [2.24, 2.45) is 0 Å². The summed E-state index contributed by atoms with van der Waals surface area (Å²) in [5.41, 5.74) is 0.656. The summed E-state index contributed by atoms with van der Waals surface area (Å²) in [5.74, 6) is -0.448. The molecule has 2 heterocycles.